The van der Waals surface area contributed by atoms with Gasteiger partial charge in [0.2, 0.25) is 0 Å². The number of aliphatic hydroxyl groups is 2. The summed E-state index contributed by atoms with van der Waals surface area (Å²) in [5, 5.41) is 18.7. The zero-order chi connectivity index (χ0) is 13.3. The molecule has 5 heteroatoms. The zero-order valence-corrected chi connectivity index (χ0v) is 10.3. The number of hydrogen-bond acceptors (Lipinski definition) is 3. The Morgan fingerprint density at radius 3 is 2.17 bits per heavy atom. The summed E-state index contributed by atoms with van der Waals surface area (Å²) >= 11 is 0. The predicted octanol–water partition coefficient (Wildman–Crippen LogP) is 1.81. The van der Waals surface area contributed by atoms with Crippen LogP contribution in [0.1, 0.15) is 25.3 Å². The lowest BCUT2D eigenvalue weighted by Crippen LogP contribution is -2.43. The fourth-order valence-corrected chi connectivity index (χ4v) is 2.22. The van der Waals surface area contributed by atoms with Crippen LogP contribution in [0.3, 0.4) is 0 Å². The van der Waals surface area contributed by atoms with Crippen molar-refractivity contribution in [3.63, 3.8) is 0 Å². The Kier molecular flexibility index (Phi) is 3.54. The Bertz CT molecular complexity index is 416. The van der Waals surface area contributed by atoms with Crippen molar-refractivity contribution in [3.8, 4) is 0 Å². The molecule has 0 aromatic heterocycles. The normalized spacial score (nSPS) is 19.1. The summed E-state index contributed by atoms with van der Waals surface area (Å²) in [6.07, 6.45) is 0.960. The maximum absolute atomic E-state index is 13.8. The van der Waals surface area contributed by atoms with Crippen LogP contribution in [0.4, 0.5) is 14.5 Å². The van der Waals surface area contributed by atoms with Crippen molar-refractivity contribution in [3.05, 3.63) is 29.3 Å². The van der Waals surface area contributed by atoms with Crippen LogP contribution in [0.5, 0.6) is 0 Å². The highest BCUT2D eigenvalue weighted by atomic mass is 19.1. The highest BCUT2D eigenvalue weighted by Gasteiger charge is 2.29. The molecular weight excluding hydrogens is 240 g/mol. The van der Waals surface area contributed by atoms with Gasteiger partial charge in [0.05, 0.1) is 12.2 Å². The molecule has 100 valence electrons. The number of rotatable bonds is 2. The van der Waals surface area contributed by atoms with Gasteiger partial charge >= 0.3 is 0 Å². The molecule has 2 N–H and O–H groups in total. The van der Waals surface area contributed by atoms with Gasteiger partial charge in [-0.15, -0.1) is 0 Å². The Morgan fingerprint density at radius 1 is 1.22 bits per heavy atom. The van der Waals surface area contributed by atoms with E-state index >= 15 is 0 Å². The minimum atomic E-state index is -0.755. The van der Waals surface area contributed by atoms with Crippen LogP contribution < -0.4 is 4.90 Å². The Balaban J connectivity index is 2.24. The standard InChI is InChI=1S/C13H17F2NO2/c1-13(18)2-4-16(5-3-13)12-10(14)6-9(8-17)7-11(12)15/h6-7,17-18H,2-5,8H2,1H3. The van der Waals surface area contributed by atoms with Gasteiger partial charge in [-0.1, -0.05) is 0 Å². The lowest BCUT2D eigenvalue weighted by molar-refractivity contribution is 0.0349. The van der Waals surface area contributed by atoms with Crippen LogP contribution >= 0.6 is 0 Å². The fourth-order valence-electron chi connectivity index (χ4n) is 2.22. The maximum atomic E-state index is 13.8. The minimum absolute atomic E-state index is 0.0669. The van der Waals surface area contributed by atoms with Crippen molar-refractivity contribution in [2.45, 2.75) is 32.0 Å². The summed E-state index contributed by atoms with van der Waals surface area (Å²) in [6, 6.07) is 2.29. The molecule has 0 amide bonds. The van der Waals surface area contributed by atoms with Crippen molar-refractivity contribution < 1.29 is 19.0 Å². The molecule has 0 aliphatic carbocycles. The quantitative estimate of drug-likeness (QED) is 0.849. The third-order valence-corrected chi connectivity index (χ3v) is 3.42. The van der Waals surface area contributed by atoms with E-state index in [2.05, 4.69) is 0 Å². The van der Waals surface area contributed by atoms with Gasteiger partial charge in [0.1, 0.15) is 17.3 Å². The van der Waals surface area contributed by atoms with Gasteiger partial charge in [0.15, 0.2) is 0 Å². The van der Waals surface area contributed by atoms with Crippen molar-refractivity contribution in [2.75, 3.05) is 18.0 Å². The lowest BCUT2D eigenvalue weighted by Gasteiger charge is -2.37. The van der Waals surface area contributed by atoms with Crippen molar-refractivity contribution in [1.82, 2.24) is 0 Å². The molecule has 1 saturated heterocycles. The molecule has 1 heterocycles. The van der Waals surface area contributed by atoms with Crippen LogP contribution in [0, 0.1) is 11.6 Å². The first-order valence-corrected chi connectivity index (χ1v) is 5.99. The minimum Gasteiger partial charge on any atom is -0.392 e. The molecule has 0 bridgehead atoms. The number of hydrogen-bond donors (Lipinski definition) is 2. The SMILES string of the molecule is CC1(O)CCN(c2c(F)cc(CO)cc2F)CC1. The number of piperidine rings is 1. The molecular formula is C13H17F2NO2. The smallest absolute Gasteiger partial charge is 0.149 e. The summed E-state index contributed by atoms with van der Waals surface area (Å²) < 4.78 is 27.6. The molecule has 1 aliphatic rings. The Hall–Kier alpha value is -1.20. The largest absolute Gasteiger partial charge is 0.392 e. The predicted molar refractivity (Wildman–Crippen MR) is 64.4 cm³/mol. The van der Waals surface area contributed by atoms with Crippen LogP contribution in [-0.4, -0.2) is 28.9 Å². The van der Waals surface area contributed by atoms with Crippen molar-refractivity contribution >= 4 is 5.69 Å². The monoisotopic (exact) mass is 257 g/mol. The molecule has 18 heavy (non-hydrogen) atoms. The number of aliphatic hydroxyl groups excluding tert-OH is 1. The van der Waals surface area contributed by atoms with Gasteiger partial charge in [-0.2, -0.15) is 0 Å². The summed E-state index contributed by atoms with van der Waals surface area (Å²) in [6.45, 7) is 2.17. The zero-order valence-electron chi connectivity index (χ0n) is 10.3. The molecule has 0 unspecified atom stereocenters. The van der Waals surface area contributed by atoms with Gasteiger partial charge < -0.3 is 15.1 Å². The summed E-state index contributed by atoms with van der Waals surface area (Å²) in [7, 11) is 0. The number of halogens is 2. The third kappa shape index (κ3) is 2.62. The van der Waals surface area contributed by atoms with E-state index in [1.165, 1.54) is 0 Å². The number of anilines is 1. The molecule has 1 fully saturated rings. The molecule has 2 rings (SSSR count). The Labute approximate surface area is 105 Å². The van der Waals surface area contributed by atoms with E-state index in [-0.39, 0.29) is 17.9 Å². The highest BCUT2D eigenvalue weighted by molar-refractivity contribution is 5.51. The molecule has 1 aliphatic heterocycles. The third-order valence-electron chi connectivity index (χ3n) is 3.42. The average molecular weight is 257 g/mol. The highest BCUT2D eigenvalue weighted by Crippen LogP contribution is 2.30. The molecule has 0 radical (unpaired) electrons. The topological polar surface area (TPSA) is 43.7 Å². The van der Waals surface area contributed by atoms with Gasteiger partial charge in [-0.25, -0.2) is 8.78 Å². The number of benzene rings is 1. The lowest BCUT2D eigenvalue weighted by atomic mass is 9.93. The van der Waals surface area contributed by atoms with E-state index in [1.54, 1.807) is 11.8 Å². The van der Waals surface area contributed by atoms with Crippen molar-refractivity contribution in [2.24, 2.45) is 0 Å². The molecule has 0 atom stereocenters. The fraction of sp³-hybridized carbons (Fsp3) is 0.538. The van der Waals surface area contributed by atoms with Crippen molar-refractivity contribution in [1.29, 1.82) is 0 Å². The summed E-state index contributed by atoms with van der Waals surface area (Å²) in [4.78, 5) is 1.60. The van der Waals surface area contributed by atoms with Crippen LogP contribution in [0.25, 0.3) is 0 Å². The second kappa shape index (κ2) is 4.82. The van der Waals surface area contributed by atoms with Crippen LogP contribution in [0.15, 0.2) is 12.1 Å². The average Bonchev–Trinajstić information content (AvgIpc) is 2.30. The molecule has 1 aromatic rings. The van der Waals surface area contributed by atoms with E-state index in [4.69, 9.17) is 5.11 Å². The van der Waals surface area contributed by atoms with E-state index in [0.717, 1.165) is 12.1 Å². The molecule has 3 nitrogen and oxygen atoms in total. The summed E-state index contributed by atoms with van der Waals surface area (Å²) in [5.41, 5.74) is -0.602. The summed E-state index contributed by atoms with van der Waals surface area (Å²) in [5.74, 6) is -1.33. The van der Waals surface area contributed by atoms with E-state index in [9.17, 15) is 13.9 Å². The van der Waals surface area contributed by atoms with Gasteiger partial charge in [-0.3, -0.25) is 0 Å². The first kappa shape index (κ1) is 13.2. The first-order valence-electron chi connectivity index (χ1n) is 5.99. The second-order valence-corrected chi connectivity index (χ2v) is 5.05. The maximum Gasteiger partial charge on any atom is 0.149 e. The van der Waals surface area contributed by atoms with Gasteiger partial charge in [-0.05, 0) is 37.5 Å². The van der Waals surface area contributed by atoms with E-state index in [0.29, 0.717) is 25.9 Å². The molecule has 0 spiro atoms. The van der Waals surface area contributed by atoms with Gasteiger partial charge in [0.25, 0.3) is 0 Å². The number of nitrogens with zero attached hydrogens (tertiary/aromatic N) is 1. The first-order chi connectivity index (χ1) is 8.43. The van der Waals surface area contributed by atoms with E-state index < -0.39 is 17.2 Å². The van der Waals surface area contributed by atoms with Crippen LogP contribution in [0.2, 0.25) is 0 Å². The molecule has 1 aromatic carbocycles. The Morgan fingerprint density at radius 2 is 1.72 bits per heavy atom. The second-order valence-electron chi connectivity index (χ2n) is 5.05. The van der Waals surface area contributed by atoms with E-state index in [1.807, 2.05) is 0 Å². The van der Waals surface area contributed by atoms with Crippen LogP contribution in [-0.2, 0) is 6.61 Å². The van der Waals surface area contributed by atoms with Gasteiger partial charge in [0, 0.05) is 13.1 Å². The molecule has 0 saturated carbocycles.